The van der Waals surface area contributed by atoms with Crippen molar-refractivity contribution in [2.75, 3.05) is 12.4 Å². The molecular formula is C22H19NO5S. The second kappa shape index (κ2) is 7.60. The van der Waals surface area contributed by atoms with Crippen molar-refractivity contribution in [1.82, 2.24) is 0 Å². The van der Waals surface area contributed by atoms with Crippen LogP contribution in [0.4, 0.5) is 5.69 Å². The molecule has 0 saturated carbocycles. The Morgan fingerprint density at radius 3 is 2.62 bits per heavy atom. The van der Waals surface area contributed by atoms with Gasteiger partial charge in [0.15, 0.2) is 6.10 Å². The Hall–Kier alpha value is -3.32. The summed E-state index contributed by atoms with van der Waals surface area (Å²) < 4.78 is 16.6. The maximum Gasteiger partial charge on any atom is 0.349 e. The predicted molar refractivity (Wildman–Crippen MR) is 113 cm³/mol. The average Bonchev–Trinajstić information content (AvgIpc) is 3.30. The molecule has 1 amide bonds. The standard InChI is InChI=1S/C22H19NO5S/c1-12-8-9-29-20(12)22(25)27-13(2)21(24)23-16-11-18-15(10-19(16)26-3)14-6-4-5-7-17(14)28-18/h4-11,13H,1-3H3,(H,23,24). The first-order valence-electron chi connectivity index (χ1n) is 9.03. The molecule has 7 heteroatoms. The highest BCUT2D eigenvalue weighted by atomic mass is 32.1. The summed E-state index contributed by atoms with van der Waals surface area (Å²) in [6.07, 6.45) is -0.972. The fourth-order valence-electron chi connectivity index (χ4n) is 3.10. The highest BCUT2D eigenvalue weighted by molar-refractivity contribution is 7.12. The van der Waals surface area contributed by atoms with Crippen LogP contribution in [0.2, 0.25) is 0 Å². The molecule has 0 aliphatic rings. The normalized spacial score (nSPS) is 12.1. The predicted octanol–water partition coefficient (Wildman–Crippen LogP) is 5.15. The molecule has 0 fully saturated rings. The van der Waals surface area contributed by atoms with E-state index in [-0.39, 0.29) is 0 Å². The fourth-order valence-corrected chi connectivity index (χ4v) is 3.91. The summed E-state index contributed by atoms with van der Waals surface area (Å²) >= 11 is 1.29. The summed E-state index contributed by atoms with van der Waals surface area (Å²) in [6.45, 7) is 3.35. The SMILES string of the molecule is COc1cc2c(cc1NC(=O)C(C)OC(=O)c1sccc1C)oc1ccccc12. The number of para-hydroxylation sites is 1. The molecule has 29 heavy (non-hydrogen) atoms. The molecule has 0 saturated heterocycles. The van der Waals surface area contributed by atoms with Gasteiger partial charge in [-0.1, -0.05) is 18.2 Å². The summed E-state index contributed by atoms with van der Waals surface area (Å²) in [5.41, 5.74) is 2.65. The van der Waals surface area contributed by atoms with Crippen LogP contribution in [-0.2, 0) is 9.53 Å². The largest absolute Gasteiger partial charge is 0.495 e. The average molecular weight is 409 g/mol. The number of thiophene rings is 1. The molecule has 0 radical (unpaired) electrons. The van der Waals surface area contributed by atoms with Gasteiger partial charge >= 0.3 is 5.97 Å². The number of carbonyl (C=O) groups excluding carboxylic acids is 2. The van der Waals surface area contributed by atoms with Crippen LogP contribution in [0.15, 0.2) is 52.3 Å². The van der Waals surface area contributed by atoms with Gasteiger partial charge in [0.25, 0.3) is 5.91 Å². The third-order valence-corrected chi connectivity index (χ3v) is 5.65. The lowest BCUT2D eigenvalue weighted by atomic mass is 10.1. The third-order valence-electron chi connectivity index (χ3n) is 4.66. The number of hydrogen-bond acceptors (Lipinski definition) is 6. The number of carbonyl (C=O) groups is 2. The molecule has 0 aliphatic carbocycles. The van der Waals surface area contributed by atoms with E-state index in [1.807, 2.05) is 48.7 Å². The zero-order valence-electron chi connectivity index (χ0n) is 16.1. The van der Waals surface area contributed by atoms with E-state index in [9.17, 15) is 9.59 Å². The second-order valence-electron chi connectivity index (χ2n) is 6.62. The molecule has 1 atom stereocenters. The van der Waals surface area contributed by atoms with E-state index in [2.05, 4.69) is 5.32 Å². The number of benzene rings is 2. The monoisotopic (exact) mass is 409 g/mol. The minimum Gasteiger partial charge on any atom is -0.495 e. The van der Waals surface area contributed by atoms with Crippen LogP contribution in [0.1, 0.15) is 22.2 Å². The number of amides is 1. The zero-order chi connectivity index (χ0) is 20.5. The second-order valence-corrected chi connectivity index (χ2v) is 7.53. The minimum absolute atomic E-state index is 0.444. The Labute approximate surface area is 171 Å². The molecular weight excluding hydrogens is 390 g/mol. The topological polar surface area (TPSA) is 77.8 Å². The zero-order valence-corrected chi connectivity index (χ0v) is 17.0. The minimum atomic E-state index is -0.972. The van der Waals surface area contributed by atoms with Crippen molar-refractivity contribution < 1.29 is 23.5 Å². The third kappa shape index (κ3) is 3.56. The van der Waals surface area contributed by atoms with E-state index in [1.54, 1.807) is 6.07 Å². The van der Waals surface area contributed by atoms with Gasteiger partial charge in [-0.3, -0.25) is 4.79 Å². The molecule has 2 aromatic heterocycles. The quantitative estimate of drug-likeness (QED) is 0.461. The van der Waals surface area contributed by atoms with Gasteiger partial charge in [0.05, 0.1) is 12.8 Å². The molecule has 4 rings (SSSR count). The first-order chi connectivity index (χ1) is 14.0. The number of aryl methyl sites for hydroxylation is 1. The van der Waals surface area contributed by atoms with E-state index in [1.165, 1.54) is 25.4 Å². The van der Waals surface area contributed by atoms with E-state index in [4.69, 9.17) is 13.9 Å². The number of ether oxygens (including phenoxy) is 2. The summed E-state index contributed by atoms with van der Waals surface area (Å²) in [4.78, 5) is 25.4. The van der Waals surface area contributed by atoms with Crippen LogP contribution in [0, 0.1) is 6.92 Å². The fraction of sp³-hybridized carbons (Fsp3) is 0.182. The lowest BCUT2D eigenvalue weighted by Gasteiger charge is -2.15. The molecule has 2 aromatic carbocycles. The van der Waals surface area contributed by atoms with Crippen molar-refractivity contribution in [1.29, 1.82) is 0 Å². The highest BCUT2D eigenvalue weighted by Crippen LogP contribution is 2.36. The molecule has 0 spiro atoms. The Balaban J connectivity index is 1.57. The molecule has 1 N–H and O–H groups in total. The van der Waals surface area contributed by atoms with Crippen LogP contribution in [-0.4, -0.2) is 25.1 Å². The maximum absolute atomic E-state index is 12.6. The van der Waals surface area contributed by atoms with Gasteiger partial charge < -0.3 is 19.2 Å². The Morgan fingerprint density at radius 1 is 1.10 bits per heavy atom. The smallest absolute Gasteiger partial charge is 0.349 e. The molecule has 4 aromatic rings. The van der Waals surface area contributed by atoms with E-state index >= 15 is 0 Å². The molecule has 148 valence electrons. The Kier molecular flexibility index (Phi) is 4.98. The van der Waals surface area contributed by atoms with Crippen molar-refractivity contribution in [3.63, 3.8) is 0 Å². The van der Waals surface area contributed by atoms with Crippen LogP contribution in [0.25, 0.3) is 21.9 Å². The van der Waals surface area contributed by atoms with Crippen molar-refractivity contribution in [3.8, 4) is 5.75 Å². The number of esters is 1. The molecule has 0 bridgehead atoms. The number of rotatable bonds is 5. The highest BCUT2D eigenvalue weighted by Gasteiger charge is 2.22. The number of fused-ring (bicyclic) bond motifs is 3. The number of methoxy groups -OCH3 is 1. The van der Waals surface area contributed by atoms with Gasteiger partial charge in [-0.25, -0.2) is 4.79 Å². The molecule has 6 nitrogen and oxygen atoms in total. The molecule has 1 unspecified atom stereocenters. The van der Waals surface area contributed by atoms with Gasteiger partial charge in [0.1, 0.15) is 21.8 Å². The van der Waals surface area contributed by atoms with Crippen LogP contribution in [0.5, 0.6) is 5.75 Å². The van der Waals surface area contributed by atoms with Gasteiger partial charge in [-0.05, 0) is 43.0 Å². The van der Waals surface area contributed by atoms with Gasteiger partial charge in [-0.15, -0.1) is 11.3 Å². The summed E-state index contributed by atoms with van der Waals surface area (Å²) in [5.74, 6) is -0.480. The van der Waals surface area contributed by atoms with Gasteiger partial charge in [0.2, 0.25) is 0 Å². The van der Waals surface area contributed by atoms with Crippen molar-refractivity contribution in [2.45, 2.75) is 20.0 Å². The molecule has 0 aliphatic heterocycles. The lowest BCUT2D eigenvalue weighted by molar-refractivity contribution is -0.123. The Morgan fingerprint density at radius 2 is 1.90 bits per heavy atom. The first kappa shape index (κ1) is 19.0. The first-order valence-corrected chi connectivity index (χ1v) is 9.91. The number of furan rings is 1. The lowest BCUT2D eigenvalue weighted by Crippen LogP contribution is -2.30. The van der Waals surface area contributed by atoms with E-state index < -0.39 is 18.0 Å². The number of hydrogen-bond donors (Lipinski definition) is 1. The number of nitrogens with one attached hydrogen (secondary N) is 1. The number of anilines is 1. The van der Waals surface area contributed by atoms with Crippen LogP contribution >= 0.6 is 11.3 Å². The summed E-state index contributed by atoms with van der Waals surface area (Å²) in [5, 5.41) is 6.43. The van der Waals surface area contributed by atoms with E-state index in [0.717, 1.165) is 21.9 Å². The van der Waals surface area contributed by atoms with Crippen molar-refractivity contribution in [3.05, 3.63) is 58.3 Å². The van der Waals surface area contributed by atoms with Gasteiger partial charge in [0, 0.05) is 16.8 Å². The van der Waals surface area contributed by atoms with Crippen molar-refractivity contribution >= 4 is 50.8 Å². The van der Waals surface area contributed by atoms with Gasteiger partial charge in [-0.2, -0.15) is 0 Å². The Bertz CT molecular complexity index is 1220. The van der Waals surface area contributed by atoms with Crippen LogP contribution < -0.4 is 10.1 Å². The summed E-state index contributed by atoms with van der Waals surface area (Å²) in [6, 6.07) is 13.0. The molecule has 2 heterocycles. The van der Waals surface area contributed by atoms with E-state index in [0.29, 0.717) is 21.9 Å². The summed E-state index contributed by atoms with van der Waals surface area (Å²) in [7, 11) is 1.53. The van der Waals surface area contributed by atoms with Crippen molar-refractivity contribution in [2.24, 2.45) is 0 Å². The maximum atomic E-state index is 12.6. The van der Waals surface area contributed by atoms with Crippen LogP contribution in [0.3, 0.4) is 0 Å².